The molecule has 0 spiro atoms. The molecule has 0 heterocycles. The minimum absolute atomic E-state index is 1.10. The Kier molecular flexibility index (Phi) is 8.57. The van der Waals surface area contributed by atoms with Crippen molar-refractivity contribution < 1.29 is 0 Å². The van der Waals surface area contributed by atoms with E-state index in [2.05, 4.69) is 238 Å². The molecule has 2 aliphatic rings. The van der Waals surface area contributed by atoms with E-state index in [1.807, 2.05) is 0 Å². The maximum absolute atomic E-state index is 3.57. The van der Waals surface area contributed by atoms with E-state index < -0.39 is 0 Å². The van der Waals surface area contributed by atoms with Crippen LogP contribution in [0.15, 0.2) is 215 Å². The first-order chi connectivity index (χ1) is 28.6. The summed E-state index contributed by atoms with van der Waals surface area (Å²) >= 11 is 7.14. The van der Waals surface area contributed by atoms with Gasteiger partial charge in [-0.1, -0.05) is 214 Å². The molecule has 0 fully saturated rings. The fourth-order valence-electron chi connectivity index (χ4n) is 9.30. The summed E-state index contributed by atoms with van der Waals surface area (Å²) in [4.78, 5) is 0. The molecule has 0 aromatic heterocycles. The van der Waals surface area contributed by atoms with E-state index in [0.717, 1.165) is 8.95 Å². The van der Waals surface area contributed by atoms with Crippen molar-refractivity contribution in [3.63, 3.8) is 0 Å². The second-order valence-electron chi connectivity index (χ2n) is 15.0. The summed E-state index contributed by atoms with van der Waals surface area (Å²) in [5.41, 5.74) is 20.9. The number of benzene rings is 10. The molecular weight excluding hydrogens is 832 g/mol. The first-order valence-electron chi connectivity index (χ1n) is 19.6. The van der Waals surface area contributed by atoms with Crippen LogP contribution in [0, 0.1) is 0 Å². The van der Waals surface area contributed by atoms with Crippen LogP contribution in [0.5, 0.6) is 0 Å². The fourth-order valence-corrected chi connectivity index (χ4v) is 9.82. The molecule has 0 nitrogen and oxygen atoms in total. The average molecular weight is 867 g/mol. The lowest BCUT2D eigenvalue weighted by Crippen LogP contribution is -1.89. The van der Waals surface area contributed by atoms with Gasteiger partial charge in [-0.05, 0) is 135 Å². The Bertz CT molecular complexity index is 2970. The molecule has 0 atom stereocenters. The average Bonchev–Trinajstić information content (AvgIpc) is 3.81. The topological polar surface area (TPSA) is 0 Å². The van der Waals surface area contributed by atoms with Gasteiger partial charge in [0, 0.05) is 8.95 Å². The second kappa shape index (κ2) is 14.3. The summed E-state index contributed by atoms with van der Waals surface area (Å²) in [6, 6.07) is 74.6. The molecule has 2 heteroatoms. The van der Waals surface area contributed by atoms with Crippen LogP contribution in [-0.2, 0) is 0 Å². The van der Waals surface area contributed by atoms with Crippen molar-refractivity contribution in [3.05, 3.63) is 215 Å². The Morgan fingerprint density at radius 1 is 0.207 bits per heavy atom. The third-order valence-electron chi connectivity index (χ3n) is 11.8. The molecule has 58 heavy (non-hydrogen) atoms. The molecule has 0 saturated heterocycles. The lowest BCUT2D eigenvalue weighted by atomic mass is 9.88. The molecular formula is C56H34Br2. The van der Waals surface area contributed by atoms with Crippen molar-refractivity contribution in [1.82, 2.24) is 0 Å². The molecule has 12 rings (SSSR count). The SMILES string of the molecule is Brc1ccc(-c2ccc(-c3ccccc3)c3c2-c2cccc4cccc-3c24)cc1.Brc1ccc(-c2ccc(-c3ccccc3)c3c2-c2cccc4cccc-3c24)cc1. The van der Waals surface area contributed by atoms with Crippen LogP contribution in [0.2, 0.25) is 0 Å². The van der Waals surface area contributed by atoms with Crippen LogP contribution >= 0.6 is 31.9 Å². The van der Waals surface area contributed by atoms with Gasteiger partial charge in [-0.2, -0.15) is 0 Å². The van der Waals surface area contributed by atoms with Crippen LogP contribution in [0.3, 0.4) is 0 Å². The number of rotatable bonds is 4. The zero-order valence-corrected chi connectivity index (χ0v) is 34.6. The van der Waals surface area contributed by atoms with Crippen molar-refractivity contribution in [2.45, 2.75) is 0 Å². The standard InChI is InChI=1S/2C28H17Br/c2*29-21-14-12-19(13-15-21)23-17-16-22(18-6-2-1-3-7-18)27-24-10-4-8-20-9-5-11-25(26(20)24)28(23)27/h2*1-17H. The maximum Gasteiger partial charge on any atom is 0.0175 e. The van der Waals surface area contributed by atoms with E-state index in [1.54, 1.807) is 0 Å². The summed E-state index contributed by atoms with van der Waals surface area (Å²) in [6.07, 6.45) is 0. The molecule has 0 radical (unpaired) electrons. The summed E-state index contributed by atoms with van der Waals surface area (Å²) in [5.74, 6) is 0. The Labute approximate surface area is 355 Å². The minimum Gasteiger partial charge on any atom is -0.0622 e. The first-order valence-corrected chi connectivity index (χ1v) is 21.2. The van der Waals surface area contributed by atoms with Gasteiger partial charge in [-0.15, -0.1) is 0 Å². The maximum atomic E-state index is 3.57. The Morgan fingerprint density at radius 3 is 0.776 bits per heavy atom. The lowest BCUT2D eigenvalue weighted by Gasteiger charge is -2.15. The van der Waals surface area contributed by atoms with Gasteiger partial charge in [0.2, 0.25) is 0 Å². The second-order valence-corrected chi connectivity index (χ2v) is 16.8. The van der Waals surface area contributed by atoms with Crippen molar-refractivity contribution in [1.29, 1.82) is 0 Å². The molecule has 0 bridgehead atoms. The van der Waals surface area contributed by atoms with Gasteiger partial charge in [-0.25, -0.2) is 0 Å². The van der Waals surface area contributed by atoms with Crippen LogP contribution in [0.1, 0.15) is 0 Å². The van der Waals surface area contributed by atoms with Gasteiger partial charge in [0.05, 0.1) is 0 Å². The molecule has 2 aliphatic carbocycles. The quantitative estimate of drug-likeness (QED) is 0.165. The number of hydrogen-bond donors (Lipinski definition) is 0. The third kappa shape index (κ3) is 5.70. The highest BCUT2D eigenvalue weighted by Gasteiger charge is 2.29. The van der Waals surface area contributed by atoms with Gasteiger partial charge < -0.3 is 0 Å². The number of hydrogen-bond acceptors (Lipinski definition) is 0. The predicted octanol–water partition coefficient (Wildman–Crippen LogP) is 17.2. The number of fused-ring (bicyclic) bond motifs is 6. The summed E-state index contributed by atoms with van der Waals surface area (Å²) in [7, 11) is 0. The molecule has 0 amide bonds. The van der Waals surface area contributed by atoms with Crippen molar-refractivity contribution in [3.8, 4) is 89.0 Å². The van der Waals surface area contributed by atoms with Crippen molar-refractivity contribution in [2.24, 2.45) is 0 Å². The lowest BCUT2D eigenvalue weighted by molar-refractivity contribution is 1.58. The fraction of sp³-hybridized carbons (Fsp3) is 0. The summed E-state index contributed by atoms with van der Waals surface area (Å²) in [6.45, 7) is 0. The first kappa shape index (κ1) is 34.9. The Balaban J connectivity index is 0.000000133. The third-order valence-corrected chi connectivity index (χ3v) is 12.8. The highest BCUT2D eigenvalue weighted by atomic mass is 79.9. The highest BCUT2D eigenvalue weighted by Crippen LogP contribution is 2.56. The molecule has 0 N–H and O–H groups in total. The zero-order valence-electron chi connectivity index (χ0n) is 31.4. The van der Waals surface area contributed by atoms with Gasteiger partial charge in [0.25, 0.3) is 0 Å². The Morgan fingerprint density at radius 2 is 0.483 bits per heavy atom. The number of halogens is 2. The van der Waals surface area contributed by atoms with E-state index in [1.165, 1.54) is 111 Å². The van der Waals surface area contributed by atoms with Gasteiger partial charge in [-0.3, -0.25) is 0 Å². The van der Waals surface area contributed by atoms with E-state index in [0.29, 0.717) is 0 Å². The van der Waals surface area contributed by atoms with Gasteiger partial charge >= 0.3 is 0 Å². The minimum atomic E-state index is 1.10. The Hall–Kier alpha value is -6.32. The highest BCUT2D eigenvalue weighted by molar-refractivity contribution is 9.10. The van der Waals surface area contributed by atoms with E-state index in [-0.39, 0.29) is 0 Å². The summed E-state index contributed by atoms with van der Waals surface area (Å²) < 4.78 is 2.20. The smallest absolute Gasteiger partial charge is 0.0175 e. The van der Waals surface area contributed by atoms with Crippen LogP contribution in [0.4, 0.5) is 0 Å². The van der Waals surface area contributed by atoms with Crippen LogP contribution in [0.25, 0.3) is 111 Å². The van der Waals surface area contributed by atoms with E-state index in [4.69, 9.17) is 0 Å². The van der Waals surface area contributed by atoms with Crippen molar-refractivity contribution >= 4 is 53.4 Å². The van der Waals surface area contributed by atoms with Gasteiger partial charge in [0.15, 0.2) is 0 Å². The van der Waals surface area contributed by atoms with E-state index in [9.17, 15) is 0 Å². The molecule has 0 unspecified atom stereocenters. The van der Waals surface area contributed by atoms with E-state index >= 15 is 0 Å². The van der Waals surface area contributed by atoms with Gasteiger partial charge in [0.1, 0.15) is 0 Å². The largest absolute Gasteiger partial charge is 0.0622 e. The molecule has 0 saturated carbocycles. The van der Waals surface area contributed by atoms with Crippen LogP contribution < -0.4 is 0 Å². The predicted molar refractivity (Wildman–Crippen MR) is 254 cm³/mol. The molecule has 272 valence electrons. The zero-order chi connectivity index (χ0) is 38.7. The summed E-state index contributed by atoms with van der Waals surface area (Å²) in [5, 5.41) is 5.34. The van der Waals surface area contributed by atoms with Crippen LogP contribution in [-0.4, -0.2) is 0 Å². The molecule has 10 aromatic carbocycles. The monoisotopic (exact) mass is 864 g/mol. The van der Waals surface area contributed by atoms with Crippen molar-refractivity contribution in [2.75, 3.05) is 0 Å². The molecule has 0 aliphatic heterocycles. The molecule has 10 aromatic rings. The normalized spacial score (nSPS) is 11.6.